The Balaban J connectivity index is 1.87. The van der Waals surface area contributed by atoms with Gasteiger partial charge in [0.15, 0.2) is 0 Å². The molecule has 0 amide bonds. The van der Waals surface area contributed by atoms with Gasteiger partial charge in [-0.25, -0.2) is 4.98 Å². The predicted molar refractivity (Wildman–Crippen MR) is 84.7 cm³/mol. The number of pyridine rings is 1. The number of fused-ring (bicyclic) bond motifs is 3. The average Bonchev–Trinajstić information content (AvgIpc) is 2.92. The van der Waals surface area contributed by atoms with Crippen molar-refractivity contribution < 1.29 is 4.74 Å². The molecule has 4 rings (SSSR count). The summed E-state index contributed by atoms with van der Waals surface area (Å²) in [6.07, 6.45) is 2.04. The summed E-state index contributed by atoms with van der Waals surface area (Å²) < 4.78 is 7.30. The highest BCUT2D eigenvalue weighted by atomic mass is 16.5. The summed E-state index contributed by atoms with van der Waals surface area (Å²) >= 11 is 0. The largest absolute Gasteiger partial charge is 0.497 e. The van der Waals surface area contributed by atoms with Crippen LogP contribution in [0.4, 0.5) is 0 Å². The van der Waals surface area contributed by atoms with Gasteiger partial charge < -0.3 is 4.74 Å². The molecule has 0 bridgehead atoms. The zero-order chi connectivity index (χ0) is 14.2. The van der Waals surface area contributed by atoms with E-state index in [0.717, 1.165) is 33.6 Å². The molecule has 0 aliphatic rings. The molecule has 0 radical (unpaired) electrons. The molecule has 2 heterocycles. The van der Waals surface area contributed by atoms with Crippen LogP contribution >= 0.6 is 0 Å². The second-order valence-electron chi connectivity index (χ2n) is 4.97. The minimum absolute atomic E-state index is 0.868. The van der Waals surface area contributed by atoms with E-state index in [2.05, 4.69) is 39.7 Å². The van der Waals surface area contributed by atoms with Gasteiger partial charge in [-0.2, -0.15) is 0 Å². The Hall–Kier alpha value is -2.81. The minimum Gasteiger partial charge on any atom is -0.497 e. The van der Waals surface area contributed by atoms with Gasteiger partial charge in [0.25, 0.3) is 0 Å². The van der Waals surface area contributed by atoms with Crippen LogP contribution in [-0.4, -0.2) is 16.5 Å². The van der Waals surface area contributed by atoms with Gasteiger partial charge in [-0.3, -0.25) is 4.40 Å². The number of aromatic nitrogens is 2. The summed E-state index contributed by atoms with van der Waals surface area (Å²) in [6.45, 7) is 0. The molecule has 0 fully saturated rings. The standard InChI is InChI=1S/C18H14N2O/c1-21-15-8-5-13(6-9-15)14-7-10-17-16(12-14)19-18-4-2-3-11-20(17)18/h2-12H,1H3. The van der Waals surface area contributed by atoms with Gasteiger partial charge in [0.2, 0.25) is 0 Å². The third-order valence-corrected chi connectivity index (χ3v) is 3.73. The number of methoxy groups -OCH3 is 1. The Kier molecular flexibility index (Phi) is 2.64. The van der Waals surface area contributed by atoms with Gasteiger partial charge in [0.1, 0.15) is 11.4 Å². The fourth-order valence-corrected chi connectivity index (χ4v) is 2.63. The Morgan fingerprint density at radius 3 is 2.52 bits per heavy atom. The second kappa shape index (κ2) is 4.63. The lowest BCUT2D eigenvalue weighted by atomic mass is 10.1. The van der Waals surface area contributed by atoms with Crippen LogP contribution in [0.5, 0.6) is 5.75 Å². The molecule has 21 heavy (non-hydrogen) atoms. The summed E-state index contributed by atoms with van der Waals surface area (Å²) in [5.74, 6) is 0.868. The van der Waals surface area contributed by atoms with Crippen molar-refractivity contribution >= 4 is 16.7 Å². The van der Waals surface area contributed by atoms with Crippen LogP contribution in [0.2, 0.25) is 0 Å². The summed E-state index contributed by atoms with van der Waals surface area (Å²) in [4.78, 5) is 4.67. The molecule has 0 saturated carbocycles. The highest BCUT2D eigenvalue weighted by molar-refractivity contribution is 5.85. The molecular weight excluding hydrogens is 260 g/mol. The van der Waals surface area contributed by atoms with E-state index in [0.29, 0.717) is 0 Å². The van der Waals surface area contributed by atoms with Gasteiger partial charge in [0, 0.05) is 6.20 Å². The first-order valence-electron chi connectivity index (χ1n) is 6.86. The lowest BCUT2D eigenvalue weighted by Crippen LogP contribution is -1.84. The third-order valence-electron chi connectivity index (χ3n) is 3.73. The molecular formula is C18H14N2O. The molecule has 0 spiro atoms. The summed E-state index contributed by atoms with van der Waals surface area (Å²) in [7, 11) is 1.68. The molecule has 0 saturated heterocycles. The molecule has 3 nitrogen and oxygen atoms in total. The molecule has 0 unspecified atom stereocenters. The summed E-state index contributed by atoms with van der Waals surface area (Å²) in [5.41, 5.74) is 5.43. The van der Waals surface area contributed by atoms with Crippen molar-refractivity contribution in [2.24, 2.45) is 0 Å². The van der Waals surface area contributed by atoms with Gasteiger partial charge >= 0.3 is 0 Å². The molecule has 3 heteroatoms. The summed E-state index contributed by atoms with van der Waals surface area (Å²) in [6, 6.07) is 20.5. The number of rotatable bonds is 2. The van der Waals surface area contributed by atoms with Crippen molar-refractivity contribution in [1.82, 2.24) is 9.38 Å². The van der Waals surface area contributed by atoms with Crippen LogP contribution in [0.3, 0.4) is 0 Å². The van der Waals surface area contributed by atoms with Crippen LogP contribution in [-0.2, 0) is 0 Å². The summed E-state index contributed by atoms with van der Waals surface area (Å²) in [5, 5.41) is 0. The maximum Gasteiger partial charge on any atom is 0.137 e. The van der Waals surface area contributed by atoms with Crippen LogP contribution in [0, 0.1) is 0 Å². The SMILES string of the molecule is COc1ccc(-c2ccc3c(c2)nc2ccccn23)cc1. The van der Waals surface area contributed by atoms with Gasteiger partial charge in [0.05, 0.1) is 18.1 Å². The van der Waals surface area contributed by atoms with Crippen molar-refractivity contribution in [3.8, 4) is 16.9 Å². The number of ether oxygens (including phenoxy) is 1. The van der Waals surface area contributed by atoms with Gasteiger partial charge in [-0.1, -0.05) is 24.3 Å². The quantitative estimate of drug-likeness (QED) is 0.548. The highest BCUT2D eigenvalue weighted by Crippen LogP contribution is 2.26. The number of hydrogen-bond donors (Lipinski definition) is 0. The number of benzene rings is 2. The fraction of sp³-hybridized carbons (Fsp3) is 0.0556. The average molecular weight is 274 g/mol. The molecule has 0 aliphatic heterocycles. The van der Waals surface area contributed by atoms with Crippen LogP contribution < -0.4 is 4.74 Å². The monoisotopic (exact) mass is 274 g/mol. The normalized spacial score (nSPS) is 11.1. The number of nitrogens with zero attached hydrogens (tertiary/aromatic N) is 2. The second-order valence-corrected chi connectivity index (χ2v) is 4.97. The van der Waals surface area contributed by atoms with E-state index >= 15 is 0 Å². The van der Waals surface area contributed by atoms with Crippen molar-refractivity contribution in [3.05, 3.63) is 66.9 Å². The van der Waals surface area contributed by atoms with E-state index in [4.69, 9.17) is 4.74 Å². The van der Waals surface area contributed by atoms with Crippen molar-refractivity contribution in [1.29, 1.82) is 0 Å². The molecule has 0 atom stereocenters. The number of imidazole rings is 1. The molecule has 2 aromatic heterocycles. The minimum atomic E-state index is 0.868. The smallest absolute Gasteiger partial charge is 0.137 e. The number of hydrogen-bond acceptors (Lipinski definition) is 2. The van der Waals surface area contributed by atoms with Crippen LogP contribution in [0.15, 0.2) is 66.9 Å². The van der Waals surface area contributed by atoms with E-state index in [9.17, 15) is 0 Å². The van der Waals surface area contributed by atoms with Crippen LogP contribution in [0.25, 0.3) is 27.8 Å². The Morgan fingerprint density at radius 2 is 1.71 bits per heavy atom. The highest BCUT2D eigenvalue weighted by Gasteiger charge is 2.06. The first-order chi connectivity index (χ1) is 10.3. The Morgan fingerprint density at radius 1 is 0.905 bits per heavy atom. The molecule has 0 aliphatic carbocycles. The van der Waals surface area contributed by atoms with Crippen molar-refractivity contribution in [3.63, 3.8) is 0 Å². The first-order valence-corrected chi connectivity index (χ1v) is 6.86. The predicted octanol–water partition coefficient (Wildman–Crippen LogP) is 4.16. The van der Waals surface area contributed by atoms with Gasteiger partial charge in [-0.05, 0) is 47.5 Å². The Labute approximate surface area is 122 Å². The third kappa shape index (κ3) is 1.94. The van der Waals surface area contributed by atoms with Gasteiger partial charge in [-0.15, -0.1) is 0 Å². The zero-order valence-corrected chi connectivity index (χ0v) is 11.7. The van der Waals surface area contributed by atoms with E-state index in [1.807, 2.05) is 36.5 Å². The van der Waals surface area contributed by atoms with E-state index < -0.39 is 0 Å². The molecule has 4 aromatic rings. The first kappa shape index (κ1) is 12.0. The molecule has 2 aromatic carbocycles. The Bertz CT molecular complexity index is 923. The van der Waals surface area contributed by atoms with Crippen molar-refractivity contribution in [2.75, 3.05) is 7.11 Å². The van der Waals surface area contributed by atoms with Crippen LogP contribution in [0.1, 0.15) is 0 Å². The van der Waals surface area contributed by atoms with Crippen molar-refractivity contribution in [2.45, 2.75) is 0 Å². The molecule has 102 valence electrons. The maximum absolute atomic E-state index is 5.20. The van der Waals surface area contributed by atoms with E-state index in [1.54, 1.807) is 7.11 Å². The maximum atomic E-state index is 5.20. The molecule has 0 N–H and O–H groups in total. The lowest BCUT2D eigenvalue weighted by Gasteiger charge is -2.04. The fourth-order valence-electron chi connectivity index (χ4n) is 2.63. The van der Waals surface area contributed by atoms with E-state index in [-0.39, 0.29) is 0 Å². The topological polar surface area (TPSA) is 26.5 Å². The van der Waals surface area contributed by atoms with E-state index in [1.165, 1.54) is 0 Å². The lowest BCUT2D eigenvalue weighted by molar-refractivity contribution is 0.415. The zero-order valence-electron chi connectivity index (χ0n) is 11.7.